The van der Waals surface area contributed by atoms with E-state index in [1.165, 1.54) is 0 Å². The normalized spacial score (nSPS) is 15.1. The molecule has 0 amide bonds. The lowest BCUT2D eigenvalue weighted by Gasteiger charge is -2.10. The Morgan fingerprint density at radius 3 is 2.71 bits per heavy atom. The summed E-state index contributed by atoms with van der Waals surface area (Å²) in [5.41, 5.74) is 0. The highest BCUT2D eigenvalue weighted by Gasteiger charge is 2.03. The van der Waals surface area contributed by atoms with E-state index < -0.39 is 0 Å². The first-order chi connectivity index (χ1) is 6.86. The number of ether oxygens (including phenoxy) is 1. The smallest absolute Gasteiger partial charge is 0.141 e. The molecule has 0 aromatic heterocycles. The molecular weight excluding hydrogens is 240 g/mol. The first kappa shape index (κ1) is 9.53. The lowest BCUT2D eigenvalue weighted by Crippen LogP contribution is -1.95. The summed E-state index contributed by atoms with van der Waals surface area (Å²) in [4.78, 5) is 0. The predicted octanol–water partition coefficient (Wildman–Crippen LogP) is 4.06. The van der Waals surface area contributed by atoms with E-state index in [1.807, 2.05) is 30.3 Å². The Labute approximate surface area is 92.2 Å². The summed E-state index contributed by atoms with van der Waals surface area (Å²) < 4.78 is 6.70. The van der Waals surface area contributed by atoms with Crippen LogP contribution < -0.4 is 4.74 Å². The third-order valence-corrected chi connectivity index (χ3v) is 2.68. The quantitative estimate of drug-likeness (QED) is 0.770. The SMILES string of the molecule is Brc1ccccc1OC1=CCCC=C1. The van der Waals surface area contributed by atoms with Gasteiger partial charge in [0.15, 0.2) is 0 Å². The van der Waals surface area contributed by atoms with Crippen molar-refractivity contribution in [2.75, 3.05) is 0 Å². The molecule has 1 aliphatic rings. The lowest BCUT2D eigenvalue weighted by atomic mass is 10.2. The molecule has 0 atom stereocenters. The zero-order valence-electron chi connectivity index (χ0n) is 7.74. The maximum absolute atomic E-state index is 5.71. The number of halogens is 1. The van der Waals surface area contributed by atoms with Crippen LogP contribution in [-0.4, -0.2) is 0 Å². The van der Waals surface area contributed by atoms with Gasteiger partial charge in [-0.25, -0.2) is 0 Å². The maximum atomic E-state index is 5.71. The van der Waals surface area contributed by atoms with Crippen molar-refractivity contribution in [3.63, 3.8) is 0 Å². The van der Waals surface area contributed by atoms with Crippen LogP contribution in [0.25, 0.3) is 0 Å². The maximum Gasteiger partial charge on any atom is 0.141 e. The van der Waals surface area contributed by atoms with Gasteiger partial charge in [0.25, 0.3) is 0 Å². The molecule has 1 nitrogen and oxygen atoms in total. The number of allylic oxidation sites excluding steroid dienone is 3. The summed E-state index contributed by atoms with van der Waals surface area (Å²) in [5.74, 6) is 1.80. The highest BCUT2D eigenvalue weighted by atomic mass is 79.9. The van der Waals surface area contributed by atoms with Crippen LogP contribution in [0.3, 0.4) is 0 Å². The lowest BCUT2D eigenvalue weighted by molar-refractivity contribution is 0.436. The molecule has 14 heavy (non-hydrogen) atoms. The van der Waals surface area contributed by atoms with E-state index in [2.05, 4.69) is 28.1 Å². The molecule has 0 aliphatic heterocycles. The van der Waals surface area contributed by atoms with Gasteiger partial charge in [-0.2, -0.15) is 0 Å². The molecular formula is C12H11BrO. The van der Waals surface area contributed by atoms with Crippen molar-refractivity contribution in [1.29, 1.82) is 0 Å². The van der Waals surface area contributed by atoms with E-state index in [0.717, 1.165) is 28.8 Å². The van der Waals surface area contributed by atoms with Gasteiger partial charge in [0, 0.05) is 0 Å². The zero-order chi connectivity index (χ0) is 9.80. The largest absolute Gasteiger partial charge is 0.457 e. The summed E-state index contributed by atoms with van der Waals surface area (Å²) in [6.07, 6.45) is 8.44. The summed E-state index contributed by atoms with van der Waals surface area (Å²) in [6, 6.07) is 7.87. The fourth-order valence-corrected chi connectivity index (χ4v) is 1.69. The van der Waals surface area contributed by atoms with Gasteiger partial charge < -0.3 is 4.74 Å². The zero-order valence-corrected chi connectivity index (χ0v) is 9.33. The van der Waals surface area contributed by atoms with E-state index in [-0.39, 0.29) is 0 Å². The molecule has 0 saturated carbocycles. The molecule has 2 rings (SSSR count). The van der Waals surface area contributed by atoms with Gasteiger partial charge >= 0.3 is 0 Å². The van der Waals surface area contributed by atoms with Crippen molar-refractivity contribution in [2.45, 2.75) is 12.8 Å². The molecule has 0 N–H and O–H groups in total. The molecule has 0 spiro atoms. The van der Waals surface area contributed by atoms with Crippen molar-refractivity contribution < 1.29 is 4.74 Å². The third-order valence-electron chi connectivity index (χ3n) is 2.03. The first-order valence-electron chi connectivity index (χ1n) is 4.65. The molecule has 0 bridgehead atoms. The predicted molar refractivity (Wildman–Crippen MR) is 61.2 cm³/mol. The van der Waals surface area contributed by atoms with Crippen molar-refractivity contribution in [3.8, 4) is 5.75 Å². The second-order valence-corrected chi connectivity index (χ2v) is 3.97. The molecule has 0 saturated heterocycles. The van der Waals surface area contributed by atoms with Crippen LogP contribution >= 0.6 is 15.9 Å². The highest BCUT2D eigenvalue weighted by Crippen LogP contribution is 2.26. The van der Waals surface area contributed by atoms with Gasteiger partial charge in [0.2, 0.25) is 0 Å². The molecule has 1 aromatic carbocycles. The van der Waals surface area contributed by atoms with Gasteiger partial charge in [-0.3, -0.25) is 0 Å². The summed E-state index contributed by atoms with van der Waals surface area (Å²) >= 11 is 3.45. The average Bonchev–Trinajstić information content (AvgIpc) is 2.23. The number of rotatable bonds is 2. The minimum atomic E-state index is 0.866. The van der Waals surface area contributed by atoms with Crippen molar-refractivity contribution in [3.05, 3.63) is 52.7 Å². The Morgan fingerprint density at radius 1 is 1.14 bits per heavy atom. The number of hydrogen-bond donors (Lipinski definition) is 0. The Hall–Kier alpha value is -1.02. The summed E-state index contributed by atoms with van der Waals surface area (Å²) in [7, 11) is 0. The first-order valence-corrected chi connectivity index (χ1v) is 5.44. The molecule has 0 unspecified atom stereocenters. The van der Waals surface area contributed by atoms with E-state index in [9.17, 15) is 0 Å². The van der Waals surface area contributed by atoms with E-state index >= 15 is 0 Å². The Morgan fingerprint density at radius 2 is 2.00 bits per heavy atom. The van der Waals surface area contributed by atoms with Gasteiger partial charge in [-0.15, -0.1) is 0 Å². The van der Waals surface area contributed by atoms with Crippen molar-refractivity contribution in [2.24, 2.45) is 0 Å². The molecule has 0 heterocycles. The van der Waals surface area contributed by atoms with Crippen LogP contribution in [0.15, 0.2) is 52.7 Å². The molecule has 0 radical (unpaired) electrons. The number of hydrogen-bond acceptors (Lipinski definition) is 1. The van der Waals surface area contributed by atoms with Crippen LogP contribution in [-0.2, 0) is 0 Å². The minimum Gasteiger partial charge on any atom is -0.457 e. The standard InChI is InChI=1S/C12H11BrO/c13-11-8-4-5-9-12(11)14-10-6-2-1-3-7-10/h2,4-9H,1,3H2. The summed E-state index contributed by atoms with van der Waals surface area (Å²) in [5, 5.41) is 0. The van der Waals surface area contributed by atoms with Gasteiger partial charge in [0.05, 0.1) is 4.47 Å². The highest BCUT2D eigenvalue weighted by molar-refractivity contribution is 9.10. The monoisotopic (exact) mass is 250 g/mol. The molecule has 1 aromatic rings. The summed E-state index contributed by atoms with van der Waals surface area (Å²) in [6.45, 7) is 0. The van der Waals surface area contributed by atoms with Crippen molar-refractivity contribution in [1.82, 2.24) is 0 Å². The molecule has 72 valence electrons. The Balaban J connectivity index is 2.14. The Kier molecular flexibility index (Phi) is 3.04. The van der Waals surface area contributed by atoms with E-state index in [1.54, 1.807) is 0 Å². The second kappa shape index (κ2) is 4.47. The van der Waals surface area contributed by atoms with Crippen LogP contribution in [0.2, 0.25) is 0 Å². The van der Waals surface area contributed by atoms with Crippen LogP contribution in [0.4, 0.5) is 0 Å². The van der Waals surface area contributed by atoms with Gasteiger partial charge in [-0.1, -0.05) is 18.2 Å². The molecule has 2 heteroatoms. The Bertz CT molecular complexity index is 380. The van der Waals surface area contributed by atoms with Crippen LogP contribution in [0, 0.1) is 0 Å². The van der Waals surface area contributed by atoms with Crippen LogP contribution in [0.5, 0.6) is 5.75 Å². The molecule has 0 fully saturated rings. The minimum absolute atomic E-state index is 0.866. The topological polar surface area (TPSA) is 9.23 Å². The van der Waals surface area contributed by atoms with Crippen molar-refractivity contribution >= 4 is 15.9 Å². The van der Waals surface area contributed by atoms with Gasteiger partial charge in [0.1, 0.15) is 11.5 Å². The van der Waals surface area contributed by atoms with Gasteiger partial charge in [-0.05, 0) is 53.1 Å². The third kappa shape index (κ3) is 2.26. The second-order valence-electron chi connectivity index (χ2n) is 3.12. The van der Waals surface area contributed by atoms with E-state index in [0.29, 0.717) is 0 Å². The number of para-hydroxylation sites is 1. The molecule has 1 aliphatic carbocycles. The fraction of sp³-hybridized carbons (Fsp3) is 0.167. The fourth-order valence-electron chi connectivity index (χ4n) is 1.32. The average molecular weight is 251 g/mol. The van der Waals surface area contributed by atoms with Crippen LogP contribution in [0.1, 0.15) is 12.8 Å². The number of benzene rings is 1. The van der Waals surface area contributed by atoms with E-state index in [4.69, 9.17) is 4.74 Å².